The lowest BCUT2D eigenvalue weighted by atomic mass is 9.75. The summed E-state index contributed by atoms with van der Waals surface area (Å²) in [5.41, 5.74) is 6.30. The number of carbonyl (C=O) groups is 2. The number of rotatable bonds is 9. The smallest absolute Gasteiger partial charge is 0.335 e. The number of hydrogen-bond donors (Lipinski definition) is 2. The minimum atomic E-state index is -0.940. The Morgan fingerprint density at radius 2 is 1.67 bits per heavy atom. The first-order chi connectivity index (χ1) is 16.8. The molecule has 0 aliphatic heterocycles. The van der Waals surface area contributed by atoms with Crippen molar-refractivity contribution in [3.63, 3.8) is 0 Å². The fourth-order valence-electron chi connectivity index (χ4n) is 5.41. The molecular formula is C32H38O4. The van der Waals surface area contributed by atoms with E-state index in [-0.39, 0.29) is 16.9 Å². The zero-order valence-corrected chi connectivity index (χ0v) is 22.3. The third-order valence-electron chi connectivity index (χ3n) is 7.83. The largest absolute Gasteiger partial charge is 0.478 e. The van der Waals surface area contributed by atoms with E-state index in [1.165, 1.54) is 11.1 Å². The van der Waals surface area contributed by atoms with Crippen molar-refractivity contribution in [2.45, 2.75) is 77.6 Å². The zero-order chi connectivity index (χ0) is 26.8. The van der Waals surface area contributed by atoms with E-state index < -0.39 is 17.4 Å². The lowest BCUT2D eigenvalue weighted by Crippen LogP contribution is -2.21. The Kier molecular flexibility index (Phi) is 7.78. The number of carboxylic acid groups (broad SMARTS) is 2. The van der Waals surface area contributed by atoms with Gasteiger partial charge in [-0.25, -0.2) is 9.59 Å². The topological polar surface area (TPSA) is 74.6 Å². The normalized spacial score (nSPS) is 17.9. The van der Waals surface area contributed by atoms with Gasteiger partial charge in [-0.3, -0.25) is 0 Å². The van der Waals surface area contributed by atoms with Crippen molar-refractivity contribution in [3.8, 4) is 0 Å². The molecule has 4 heteroatoms. The van der Waals surface area contributed by atoms with Crippen LogP contribution in [0, 0.1) is 6.92 Å². The van der Waals surface area contributed by atoms with Crippen LogP contribution in [0.4, 0.5) is 0 Å². The Morgan fingerprint density at radius 1 is 1.06 bits per heavy atom. The van der Waals surface area contributed by atoms with Crippen LogP contribution in [-0.4, -0.2) is 22.2 Å². The van der Waals surface area contributed by atoms with Crippen LogP contribution in [0.15, 0.2) is 72.4 Å². The molecule has 2 aromatic rings. The molecule has 190 valence electrons. The molecule has 0 spiro atoms. The second-order valence-corrected chi connectivity index (χ2v) is 10.9. The van der Waals surface area contributed by atoms with Crippen molar-refractivity contribution in [2.75, 3.05) is 0 Å². The van der Waals surface area contributed by atoms with E-state index in [2.05, 4.69) is 47.3 Å². The molecule has 0 amide bonds. The Labute approximate surface area is 215 Å². The molecule has 1 aliphatic carbocycles. The Hall–Kier alpha value is -3.40. The van der Waals surface area contributed by atoms with Crippen molar-refractivity contribution >= 4 is 11.9 Å². The van der Waals surface area contributed by atoms with Crippen molar-refractivity contribution in [2.24, 2.45) is 0 Å². The van der Waals surface area contributed by atoms with E-state index in [1.807, 2.05) is 37.3 Å². The molecule has 4 nitrogen and oxygen atoms in total. The van der Waals surface area contributed by atoms with Crippen LogP contribution in [0.25, 0.3) is 0 Å². The predicted molar refractivity (Wildman–Crippen MR) is 146 cm³/mol. The van der Waals surface area contributed by atoms with Crippen molar-refractivity contribution in [3.05, 3.63) is 106 Å². The van der Waals surface area contributed by atoms with Gasteiger partial charge in [0.25, 0.3) is 0 Å². The van der Waals surface area contributed by atoms with Gasteiger partial charge in [-0.15, -0.1) is 0 Å². The number of fused-ring (bicyclic) bond motifs is 1. The number of aromatic carboxylic acids is 2. The van der Waals surface area contributed by atoms with Gasteiger partial charge in [-0.1, -0.05) is 90.0 Å². The van der Waals surface area contributed by atoms with Gasteiger partial charge in [-0.2, -0.15) is 0 Å². The number of unbranched alkanes of at least 4 members (excludes halogenated alkanes) is 1. The number of carboxylic acids is 2. The number of allylic oxidation sites excluding steroid dienone is 5. The monoisotopic (exact) mass is 486 g/mol. The Bertz CT molecular complexity index is 1260. The van der Waals surface area contributed by atoms with Crippen molar-refractivity contribution in [1.82, 2.24) is 0 Å². The molecule has 0 heterocycles. The summed E-state index contributed by atoms with van der Waals surface area (Å²) >= 11 is 0. The highest BCUT2D eigenvalue weighted by Crippen LogP contribution is 2.52. The van der Waals surface area contributed by atoms with Crippen LogP contribution in [0.3, 0.4) is 0 Å². The first-order valence-corrected chi connectivity index (χ1v) is 12.6. The maximum Gasteiger partial charge on any atom is 0.335 e. The quantitative estimate of drug-likeness (QED) is 0.352. The first-order valence-electron chi connectivity index (χ1n) is 12.6. The number of aryl methyl sites for hydroxylation is 1. The average molecular weight is 487 g/mol. The predicted octanol–water partition coefficient (Wildman–Crippen LogP) is 7.97. The summed E-state index contributed by atoms with van der Waals surface area (Å²) in [5.74, 6) is -1.60. The van der Waals surface area contributed by atoms with E-state index >= 15 is 0 Å². The highest BCUT2D eigenvalue weighted by Gasteiger charge is 2.41. The molecule has 0 fully saturated rings. The lowest BCUT2D eigenvalue weighted by Gasteiger charge is -2.28. The maximum absolute atomic E-state index is 11.6. The molecule has 0 radical (unpaired) electrons. The molecule has 1 atom stereocenters. The van der Waals surface area contributed by atoms with Gasteiger partial charge in [0, 0.05) is 16.7 Å². The van der Waals surface area contributed by atoms with E-state index in [0.29, 0.717) is 5.56 Å². The third kappa shape index (κ3) is 5.09. The third-order valence-corrected chi connectivity index (χ3v) is 7.83. The summed E-state index contributed by atoms with van der Waals surface area (Å²) in [6, 6.07) is 10.8. The average Bonchev–Trinajstić information content (AvgIpc) is 3.03. The van der Waals surface area contributed by atoms with Gasteiger partial charge in [0.05, 0.1) is 11.1 Å². The minimum Gasteiger partial charge on any atom is -0.478 e. The van der Waals surface area contributed by atoms with E-state index in [4.69, 9.17) is 0 Å². The van der Waals surface area contributed by atoms with Gasteiger partial charge in [0.1, 0.15) is 0 Å². The molecule has 36 heavy (non-hydrogen) atoms. The SMILES string of the molecule is C=C(/C=C/C=C1/C(CCCC)c2ccc(C(=O)O)cc2C1(C)C)C(C)(C)c1cc(C(=O)O)ccc1C. The molecule has 0 bridgehead atoms. The van der Waals surface area contributed by atoms with Gasteiger partial charge < -0.3 is 10.2 Å². The lowest BCUT2D eigenvalue weighted by molar-refractivity contribution is 0.0686. The van der Waals surface area contributed by atoms with Crippen LogP contribution in [0.2, 0.25) is 0 Å². The number of benzene rings is 2. The fraction of sp³-hybridized carbons (Fsp3) is 0.375. The van der Waals surface area contributed by atoms with E-state index in [1.54, 1.807) is 18.2 Å². The summed E-state index contributed by atoms with van der Waals surface area (Å²) in [6.45, 7) is 17.0. The van der Waals surface area contributed by atoms with Crippen LogP contribution < -0.4 is 0 Å². The summed E-state index contributed by atoms with van der Waals surface area (Å²) in [4.78, 5) is 23.1. The van der Waals surface area contributed by atoms with Gasteiger partial charge in [-0.05, 0) is 65.4 Å². The molecule has 2 N–H and O–H groups in total. The molecule has 0 saturated carbocycles. The van der Waals surface area contributed by atoms with Gasteiger partial charge in [0.15, 0.2) is 0 Å². The van der Waals surface area contributed by atoms with Crippen LogP contribution in [0.5, 0.6) is 0 Å². The summed E-state index contributed by atoms with van der Waals surface area (Å²) < 4.78 is 0. The molecule has 0 saturated heterocycles. The van der Waals surface area contributed by atoms with Crippen LogP contribution in [-0.2, 0) is 10.8 Å². The van der Waals surface area contributed by atoms with Crippen LogP contribution in [0.1, 0.15) is 103 Å². The second-order valence-electron chi connectivity index (χ2n) is 10.9. The summed E-state index contributed by atoms with van der Waals surface area (Å²) in [5, 5.41) is 19.0. The molecule has 1 aliphatic rings. The summed E-state index contributed by atoms with van der Waals surface area (Å²) in [7, 11) is 0. The second kappa shape index (κ2) is 10.3. The maximum atomic E-state index is 11.6. The van der Waals surface area contributed by atoms with Crippen LogP contribution >= 0.6 is 0 Å². The molecular weight excluding hydrogens is 448 g/mol. The van der Waals surface area contributed by atoms with Gasteiger partial charge in [0.2, 0.25) is 0 Å². The number of hydrogen-bond acceptors (Lipinski definition) is 2. The van der Waals surface area contributed by atoms with Gasteiger partial charge >= 0.3 is 11.9 Å². The fourth-order valence-corrected chi connectivity index (χ4v) is 5.41. The highest BCUT2D eigenvalue weighted by molar-refractivity contribution is 5.88. The standard InChI is InChI=1S/C32H38O4/c1-8-9-12-24-25-17-16-23(30(35)36)19-28(25)32(6,7)26(24)13-10-11-21(3)31(4,5)27-18-22(29(33)34)15-14-20(27)2/h10-11,13-19,24H,3,8-9,12H2,1-2,4-7H3,(H,33,34)(H,35,36)/b11-10+,26-13-. The van der Waals surface area contributed by atoms with Crippen molar-refractivity contribution in [1.29, 1.82) is 0 Å². The first kappa shape index (κ1) is 27.2. The highest BCUT2D eigenvalue weighted by atomic mass is 16.4. The molecule has 3 rings (SSSR count). The van der Waals surface area contributed by atoms with Crippen molar-refractivity contribution < 1.29 is 19.8 Å². The molecule has 0 aromatic heterocycles. The molecule has 2 aromatic carbocycles. The Balaban J connectivity index is 1.97. The molecule has 1 unspecified atom stereocenters. The summed E-state index contributed by atoms with van der Waals surface area (Å²) in [6.07, 6.45) is 9.44. The van der Waals surface area contributed by atoms with E-state index in [0.717, 1.165) is 41.5 Å². The minimum absolute atomic E-state index is 0.248. The zero-order valence-electron chi connectivity index (χ0n) is 22.3. The van der Waals surface area contributed by atoms with E-state index in [9.17, 15) is 19.8 Å². The Morgan fingerprint density at radius 3 is 2.28 bits per heavy atom.